The number of hydrogen-bond donors (Lipinski definition) is 0. The predicted molar refractivity (Wildman–Crippen MR) is 127 cm³/mol. The number of aryl methyl sites for hydroxylation is 1. The topological polar surface area (TPSA) is 50.5 Å². The molecular formula is C25H16Cl3NO3. The summed E-state index contributed by atoms with van der Waals surface area (Å²) in [6.07, 6.45) is 0. The van der Waals surface area contributed by atoms with Crippen LogP contribution in [0.5, 0.6) is 0 Å². The van der Waals surface area contributed by atoms with Gasteiger partial charge in [-0.25, -0.2) is 0 Å². The Morgan fingerprint density at radius 3 is 2.38 bits per heavy atom. The standard InChI is InChI=1S/C25H16Cl3NO3/c1-13-2-4-14(5-3-13)12-29-22(15-6-8-18(27)19(28)10-15)21-23(30)17-11-16(26)7-9-20(17)32-24(21)25(29)31/h2-11,22H,12H2,1H3. The second-order valence-electron chi connectivity index (χ2n) is 7.81. The third-order valence-electron chi connectivity index (χ3n) is 5.66. The highest BCUT2D eigenvalue weighted by Gasteiger charge is 2.42. The van der Waals surface area contributed by atoms with E-state index in [1.165, 1.54) is 0 Å². The number of amides is 1. The van der Waals surface area contributed by atoms with Gasteiger partial charge in [-0.05, 0) is 48.4 Å². The van der Waals surface area contributed by atoms with Gasteiger partial charge in [0.25, 0.3) is 5.91 Å². The van der Waals surface area contributed by atoms with Crippen LogP contribution in [0.4, 0.5) is 0 Å². The van der Waals surface area contributed by atoms with Gasteiger partial charge in [0.05, 0.1) is 27.0 Å². The van der Waals surface area contributed by atoms with Gasteiger partial charge in [-0.1, -0.05) is 70.7 Å². The number of rotatable bonds is 3. The number of benzene rings is 3. The molecule has 0 spiro atoms. The minimum absolute atomic E-state index is 0.0352. The largest absolute Gasteiger partial charge is 0.450 e. The summed E-state index contributed by atoms with van der Waals surface area (Å²) in [5.41, 5.74) is 3.02. The molecule has 1 atom stereocenters. The first-order chi connectivity index (χ1) is 15.3. The number of halogens is 3. The van der Waals surface area contributed by atoms with Crippen molar-refractivity contribution in [3.8, 4) is 0 Å². The zero-order valence-electron chi connectivity index (χ0n) is 16.9. The third-order valence-corrected chi connectivity index (χ3v) is 6.63. The van der Waals surface area contributed by atoms with Gasteiger partial charge >= 0.3 is 0 Å². The summed E-state index contributed by atoms with van der Waals surface area (Å²) in [5, 5.41) is 1.47. The molecule has 1 aromatic heterocycles. The van der Waals surface area contributed by atoms with Crippen LogP contribution in [0, 0.1) is 6.92 Å². The van der Waals surface area contributed by atoms with Crippen molar-refractivity contribution in [3.05, 3.63) is 114 Å². The average Bonchev–Trinajstić information content (AvgIpc) is 3.04. The number of nitrogens with zero attached hydrogens (tertiary/aromatic N) is 1. The van der Waals surface area contributed by atoms with Gasteiger partial charge < -0.3 is 9.32 Å². The van der Waals surface area contributed by atoms with Crippen LogP contribution >= 0.6 is 34.8 Å². The van der Waals surface area contributed by atoms with Gasteiger partial charge in [-0.15, -0.1) is 0 Å². The van der Waals surface area contributed by atoms with E-state index in [0.717, 1.165) is 11.1 Å². The van der Waals surface area contributed by atoms with Crippen LogP contribution in [-0.4, -0.2) is 10.8 Å². The molecule has 5 rings (SSSR count). The monoisotopic (exact) mass is 483 g/mol. The van der Waals surface area contributed by atoms with Gasteiger partial charge in [0, 0.05) is 11.6 Å². The Bertz CT molecular complexity index is 1440. The second kappa shape index (κ2) is 7.96. The summed E-state index contributed by atoms with van der Waals surface area (Å²) in [5.74, 6) is -0.321. The average molecular weight is 485 g/mol. The molecule has 0 N–H and O–H groups in total. The maximum Gasteiger partial charge on any atom is 0.291 e. The fraction of sp³-hybridized carbons (Fsp3) is 0.120. The van der Waals surface area contributed by atoms with Gasteiger partial charge in [-0.3, -0.25) is 9.59 Å². The Balaban J connectivity index is 1.73. The van der Waals surface area contributed by atoms with E-state index in [0.29, 0.717) is 38.1 Å². The number of carbonyl (C=O) groups excluding carboxylic acids is 1. The highest BCUT2D eigenvalue weighted by Crippen LogP contribution is 2.40. The number of fused-ring (bicyclic) bond motifs is 2. The molecule has 1 aliphatic heterocycles. The minimum Gasteiger partial charge on any atom is -0.450 e. The number of hydrogen-bond acceptors (Lipinski definition) is 3. The molecule has 0 fully saturated rings. The van der Waals surface area contributed by atoms with Gasteiger partial charge in [-0.2, -0.15) is 0 Å². The maximum atomic E-state index is 13.5. The molecule has 0 saturated carbocycles. The van der Waals surface area contributed by atoms with Crippen LogP contribution < -0.4 is 5.43 Å². The molecule has 1 aliphatic rings. The minimum atomic E-state index is -0.673. The second-order valence-corrected chi connectivity index (χ2v) is 9.06. The Labute approximate surface area is 198 Å². The van der Waals surface area contributed by atoms with Crippen LogP contribution in [0.2, 0.25) is 15.1 Å². The van der Waals surface area contributed by atoms with E-state index in [9.17, 15) is 9.59 Å². The summed E-state index contributed by atoms with van der Waals surface area (Å²) in [4.78, 5) is 28.6. The van der Waals surface area contributed by atoms with Crippen molar-refractivity contribution >= 4 is 51.7 Å². The van der Waals surface area contributed by atoms with Crippen LogP contribution in [-0.2, 0) is 6.54 Å². The zero-order valence-corrected chi connectivity index (χ0v) is 19.1. The van der Waals surface area contributed by atoms with Crippen molar-refractivity contribution in [3.63, 3.8) is 0 Å². The Morgan fingerprint density at radius 2 is 1.66 bits per heavy atom. The van der Waals surface area contributed by atoms with Gasteiger partial charge in [0.1, 0.15) is 5.58 Å². The van der Waals surface area contributed by atoms with E-state index < -0.39 is 6.04 Å². The molecule has 1 unspecified atom stereocenters. The molecule has 1 amide bonds. The summed E-state index contributed by atoms with van der Waals surface area (Å²) in [6.45, 7) is 2.29. The summed E-state index contributed by atoms with van der Waals surface area (Å²) >= 11 is 18.5. The lowest BCUT2D eigenvalue weighted by atomic mass is 9.98. The smallest absolute Gasteiger partial charge is 0.291 e. The van der Waals surface area contributed by atoms with Crippen molar-refractivity contribution in [1.29, 1.82) is 0 Å². The Kier molecular flexibility index (Phi) is 5.25. The molecule has 7 heteroatoms. The first kappa shape index (κ1) is 21.1. The Morgan fingerprint density at radius 1 is 0.906 bits per heavy atom. The molecule has 0 bridgehead atoms. The third kappa shape index (κ3) is 3.49. The molecule has 0 saturated heterocycles. The summed E-state index contributed by atoms with van der Waals surface area (Å²) < 4.78 is 5.94. The fourth-order valence-corrected chi connectivity index (χ4v) is 4.55. The lowest BCUT2D eigenvalue weighted by Crippen LogP contribution is -2.29. The maximum absolute atomic E-state index is 13.5. The first-order valence-corrected chi connectivity index (χ1v) is 11.0. The van der Waals surface area contributed by atoms with E-state index in [4.69, 9.17) is 39.2 Å². The normalized spacial score (nSPS) is 15.4. The molecule has 160 valence electrons. The zero-order chi connectivity index (χ0) is 22.6. The van der Waals surface area contributed by atoms with Crippen LogP contribution in [0.1, 0.15) is 38.9 Å². The molecular weight excluding hydrogens is 469 g/mol. The van der Waals surface area contributed by atoms with Crippen LogP contribution in [0.25, 0.3) is 11.0 Å². The van der Waals surface area contributed by atoms with E-state index >= 15 is 0 Å². The van der Waals surface area contributed by atoms with Crippen molar-refractivity contribution in [2.75, 3.05) is 0 Å². The number of carbonyl (C=O) groups is 1. The summed E-state index contributed by atoms with van der Waals surface area (Å²) in [6, 6.07) is 17.1. The molecule has 4 nitrogen and oxygen atoms in total. The van der Waals surface area contributed by atoms with Crippen molar-refractivity contribution in [2.45, 2.75) is 19.5 Å². The molecule has 0 radical (unpaired) electrons. The molecule has 2 heterocycles. The molecule has 32 heavy (non-hydrogen) atoms. The van der Waals surface area contributed by atoms with E-state index in [2.05, 4.69) is 0 Å². The summed E-state index contributed by atoms with van der Waals surface area (Å²) in [7, 11) is 0. The lowest BCUT2D eigenvalue weighted by molar-refractivity contribution is 0.0714. The van der Waals surface area contributed by atoms with Crippen LogP contribution in [0.3, 0.4) is 0 Å². The SMILES string of the molecule is Cc1ccc(CN2C(=O)c3oc4ccc(Cl)cc4c(=O)c3C2c2ccc(Cl)c(Cl)c2)cc1. The van der Waals surface area contributed by atoms with Crippen molar-refractivity contribution in [2.24, 2.45) is 0 Å². The van der Waals surface area contributed by atoms with Crippen molar-refractivity contribution < 1.29 is 9.21 Å². The fourth-order valence-electron chi connectivity index (χ4n) is 4.07. The quantitative estimate of drug-likeness (QED) is 0.321. The lowest BCUT2D eigenvalue weighted by Gasteiger charge is -2.25. The van der Waals surface area contributed by atoms with Gasteiger partial charge in [0.15, 0.2) is 5.43 Å². The Hall–Kier alpha value is -2.79. The molecule has 0 aliphatic carbocycles. The van der Waals surface area contributed by atoms with Crippen LogP contribution in [0.15, 0.2) is 69.9 Å². The predicted octanol–water partition coefficient (Wildman–Crippen LogP) is 6.81. The highest BCUT2D eigenvalue weighted by molar-refractivity contribution is 6.42. The highest BCUT2D eigenvalue weighted by atomic mass is 35.5. The van der Waals surface area contributed by atoms with Crippen molar-refractivity contribution in [1.82, 2.24) is 4.90 Å². The first-order valence-electron chi connectivity index (χ1n) is 9.91. The van der Waals surface area contributed by atoms with E-state index in [1.54, 1.807) is 41.3 Å². The van der Waals surface area contributed by atoms with Gasteiger partial charge in [0.2, 0.25) is 5.76 Å². The molecule has 4 aromatic rings. The van der Waals surface area contributed by atoms with E-state index in [1.807, 2.05) is 31.2 Å². The molecule has 3 aromatic carbocycles. The van der Waals surface area contributed by atoms with E-state index in [-0.39, 0.29) is 22.7 Å².